The fraction of sp³-hybridized carbons (Fsp3) is 0.625. The van der Waals surface area contributed by atoms with Gasteiger partial charge in [0.25, 0.3) is 0 Å². The molecular weight excluding hydrogens is 156 g/mol. The number of anilines is 1. The standard InChI is InChI=1S/C8H14N2S/c1-8(2,3)6-5-11-7(9-4)10-6/h5H,1-4H3,(H,9,10). The van der Waals surface area contributed by atoms with E-state index in [4.69, 9.17) is 0 Å². The molecule has 0 spiro atoms. The zero-order chi connectivity index (χ0) is 8.48. The number of aromatic nitrogens is 1. The van der Waals surface area contributed by atoms with Crippen LogP contribution >= 0.6 is 11.3 Å². The van der Waals surface area contributed by atoms with E-state index in [9.17, 15) is 0 Å². The zero-order valence-corrected chi connectivity index (χ0v) is 8.25. The molecule has 11 heavy (non-hydrogen) atoms. The van der Waals surface area contributed by atoms with Crippen molar-refractivity contribution in [3.05, 3.63) is 11.1 Å². The lowest BCUT2D eigenvalue weighted by Gasteiger charge is -2.13. The number of nitrogens with one attached hydrogen (secondary N) is 1. The lowest BCUT2D eigenvalue weighted by atomic mass is 9.93. The second-order valence-corrected chi connectivity index (χ2v) is 4.40. The Morgan fingerprint density at radius 3 is 2.36 bits per heavy atom. The highest BCUT2D eigenvalue weighted by molar-refractivity contribution is 7.13. The van der Waals surface area contributed by atoms with Gasteiger partial charge in [-0.15, -0.1) is 11.3 Å². The molecule has 0 aliphatic heterocycles. The molecule has 0 radical (unpaired) electrons. The van der Waals surface area contributed by atoms with E-state index in [2.05, 4.69) is 36.5 Å². The third-order valence-corrected chi connectivity index (χ3v) is 2.35. The van der Waals surface area contributed by atoms with E-state index < -0.39 is 0 Å². The highest BCUT2D eigenvalue weighted by Crippen LogP contribution is 2.25. The fourth-order valence-electron chi connectivity index (χ4n) is 0.733. The van der Waals surface area contributed by atoms with Gasteiger partial charge in [0, 0.05) is 17.8 Å². The van der Waals surface area contributed by atoms with Gasteiger partial charge in [-0.25, -0.2) is 4.98 Å². The van der Waals surface area contributed by atoms with Gasteiger partial charge in [-0.3, -0.25) is 0 Å². The van der Waals surface area contributed by atoms with E-state index >= 15 is 0 Å². The summed E-state index contributed by atoms with van der Waals surface area (Å²) in [6.45, 7) is 6.50. The van der Waals surface area contributed by atoms with Gasteiger partial charge in [-0.05, 0) is 0 Å². The predicted molar refractivity (Wildman–Crippen MR) is 50.4 cm³/mol. The number of hydrogen-bond donors (Lipinski definition) is 1. The Hall–Kier alpha value is -0.570. The van der Waals surface area contributed by atoms with E-state index in [-0.39, 0.29) is 5.41 Å². The molecule has 1 heterocycles. The highest BCUT2D eigenvalue weighted by Gasteiger charge is 2.16. The first kappa shape index (κ1) is 8.53. The molecule has 62 valence electrons. The minimum absolute atomic E-state index is 0.172. The number of thiazole rings is 1. The third kappa shape index (κ3) is 1.93. The first-order chi connectivity index (χ1) is 5.04. The maximum atomic E-state index is 4.41. The quantitative estimate of drug-likeness (QED) is 0.700. The summed E-state index contributed by atoms with van der Waals surface area (Å²) in [5.41, 5.74) is 1.33. The first-order valence-electron chi connectivity index (χ1n) is 3.68. The Kier molecular flexibility index (Phi) is 2.18. The van der Waals surface area contributed by atoms with E-state index in [1.807, 2.05) is 7.05 Å². The second-order valence-electron chi connectivity index (χ2n) is 3.54. The molecule has 0 fully saturated rings. The largest absolute Gasteiger partial charge is 0.365 e. The monoisotopic (exact) mass is 170 g/mol. The molecule has 0 saturated carbocycles. The summed E-state index contributed by atoms with van der Waals surface area (Å²) in [5.74, 6) is 0. The molecule has 0 unspecified atom stereocenters. The molecule has 1 rings (SSSR count). The van der Waals surface area contributed by atoms with Gasteiger partial charge in [0.15, 0.2) is 5.13 Å². The molecule has 3 heteroatoms. The van der Waals surface area contributed by atoms with Crippen LogP contribution in [0.4, 0.5) is 5.13 Å². The first-order valence-corrected chi connectivity index (χ1v) is 4.56. The molecule has 1 N–H and O–H groups in total. The Morgan fingerprint density at radius 2 is 2.09 bits per heavy atom. The van der Waals surface area contributed by atoms with Crippen LogP contribution in [0.15, 0.2) is 5.38 Å². The van der Waals surface area contributed by atoms with Crippen LogP contribution in [0.25, 0.3) is 0 Å². The Bertz CT molecular complexity index is 234. The average Bonchev–Trinajstić information content (AvgIpc) is 2.32. The summed E-state index contributed by atoms with van der Waals surface area (Å²) in [6, 6.07) is 0. The van der Waals surface area contributed by atoms with Gasteiger partial charge in [0.05, 0.1) is 5.69 Å². The summed E-state index contributed by atoms with van der Waals surface area (Å²) in [5, 5.41) is 6.13. The molecule has 0 aliphatic rings. The Morgan fingerprint density at radius 1 is 1.45 bits per heavy atom. The topological polar surface area (TPSA) is 24.9 Å². The third-order valence-electron chi connectivity index (χ3n) is 1.49. The van der Waals surface area contributed by atoms with Crippen molar-refractivity contribution in [2.75, 3.05) is 12.4 Å². The van der Waals surface area contributed by atoms with E-state index in [1.165, 1.54) is 0 Å². The second kappa shape index (κ2) is 2.81. The highest BCUT2D eigenvalue weighted by atomic mass is 32.1. The van der Waals surface area contributed by atoms with Crippen molar-refractivity contribution in [1.29, 1.82) is 0 Å². The van der Waals surface area contributed by atoms with Gasteiger partial charge >= 0.3 is 0 Å². The molecule has 2 nitrogen and oxygen atoms in total. The van der Waals surface area contributed by atoms with Gasteiger partial charge in [-0.1, -0.05) is 20.8 Å². The fourth-order valence-corrected chi connectivity index (χ4v) is 1.63. The molecule has 0 aliphatic carbocycles. The molecule has 0 aromatic carbocycles. The van der Waals surface area contributed by atoms with Crippen molar-refractivity contribution in [2.24, 2.45) is 0 Å². The zero-order valence-electron chi connectivity index (χ0n) is 7.43. The van der Waals surface area contributed by atoms with Crippen molar-refractivity contribution in [3.63, 3.8) is 0 Å². The summed E-state index contributed by atoms with van der Waals surface area (Å²) < 4.78 is 0. The van der Waals surface area contributed by atoms with Gasteiger partial charge in [0.2, 0.25) is 0 Å². The normalized spacial score (nSPS) is 11.6. The molecular formula is C8H14N2S. The van der Waals surface area contributed by atoms with Crippen LogP contribution in [-0.4, -0.2) is 12.0 Å². The van der Waals surface area contributed by atoms with Crippen LogP contribution in [-0.2, 0) is 5.41 Å². The molecule has 1 aromatic heterocycles. The minimum Gasteiger partial charge on any atom is -0.365 e. The van der Waals surface area contributed by atoms with E-state index in [1.54, 1.807) is 11.3 Å². The average molecular weight is 170 g/mol. The molecule has 0 saturated heterocycles. The van der Waals surface area contributed by atoms with Crippen molar-refractivity contribution < 1.29 is 0 Å². The summed E-state index contributed by atoms with van der Waals surface area (Å²) in [6.07, 6.45) is 0. The molecule has 0 amide bonds. The number of nitrogens with zero attached hydrogens (tertiary/aromatic N) is 1. The van der Waals surface area contributed by atoms with Crippen LogP contribution in [0, 0.1) is 0 Å². The molecule has 1 aromatic rings. The lowest BCUT2D eigenvalue weighted by Crippen LogP contribution is -2.11. The summed E-state index contributed by atoms with van der Waals surface area (Å²) in [4.78, 5) is 4.41. The summed E-state index contributed by atoms with van der Waals surface area (Å²) in [7, 11) is 1.89. The minimum atomic E-state index is 0.172. The Labute approximate surface area is 71.7 Å². The number of rotatable bonds is 1. The smallest absolute Gasteiger partial charge is 0.182 e. The number of hydrogen-bond acceptors (Lipinski definition) is 3. The van der Waals surface area contributed by atoms with Crippen LogP contribution < -0.4 is 5.32 Å². The van der Waals surface area contributed by atoms with Crippen molar-refractivity contribution in [3.8, 4) is 0 Å². The van der Waals surface area contributed by atoms with Crippen LogP contribution in [0.2, 0.25) is 0 Å². The predicted octanol–water partition coefficient (Wildman–Crippen LogP) is 2.48. The Balaban J connectivity index is 2.89. The maximum Gasteiger partial charge on any atom is 0.182 e. The van der Waals surface area contributed by atoms with Crippen molar-refractivity contribution >= 4 is 16.5 Å². The van der Waals surface area contributed by atoms with Crippen LogP contribution in [0.1, 0.15) is 26.5 Å². The molecule has 0 atom stereocenters. The van der Waals surface area contributed by atoms with Gasteiger partial charge in [0.1, 0.15) is 0 Å². The molecule has 0 bridgehead atoms. The van der Waals surface area contributed by atoms with E-state index in [0.717, 1.165) is 10.8 Å². The summed E-state index contributed by atoms with van der Waals surface area (Å²) >= 11 is 1.65. The van der Waals surface area contributed by atoms with Crippen LogP contribution in [0.3, 0.4) is 0 Å². The SMILES string of the molecule is CNc1nc(C(C)(C)C)cs1. The van der Waals surface area contributed by atoms with Gasteiger partial charge < -0.3 is 5.32 Å². The van der Waals surface area contributed by atoms with E-state index in [0.29, 0.717) is 0 Å². The van der Waals surface area contributed by atoms with Crippen molar-refractivity contribution in [2.45, 2.75) is 26.2 Å². The van der Waals surface area contributed by atoms with Crippen LogP contribution in [0.5, 0.6) is 0 Å². The van der Waals surface area contributed by atoms with Gasteiger partial charge in [-0.2, -0.15) is 0 Å². The maximum absolute atomic E-state index is 4.41. The van der Waals surface area contributed by atoms with Crippen molar-refractivity contribution in [1.82, 2.24) is 4.98 Å². The lowest BCUT2D eigenvalue weighted by molar-refractivity contribution is 0.573.